The Labute approximate surface area is 149 Å². The number of carbonyl (C=O) groups excluding carboxylic acids is 1. The van der Waals surface area contributed by atoms with E-state index >= 15 is 0 Å². The first-order valence-electron chi connectivity index (χ1n) is 8.37. The van der Waals surface area contributed by atoms with E-state index in [2.05, 4.69) is 10.3 Å². The van der Waals surface area contributed by atoms with E-state index in [1.165, 1.54) is 12.1 Å². The second-order valence-corrected chi connectivity index (χ2v) is 6.25. The van der Waals surface area contributed by atoms with E-state index in [0.29, 0.717) is 18.7 Å². The molecular weight excluding hydrogens is 345 g/mol. The maximum Gasteiger partial charge on any atom is 0.416 e. The van der Waals surface area contributed by atoms with Crippen LogP contribution in [0.5, 0.6) is 0 Å². The SMILES string of the molecule is O=C(Cc1ccc([C@@H]2CNCCO2)nc1)Cc1cccc(C(F)(F)F)c1. The molecule has 1 fully saturated rings. The third-order valence-corrected chi connectivity index (χ3v) is 4.16. The minimum Gasteiger partial charge on any atom is -0.369 e. The molecule has 0 saturated carbocycles. The van der Waals surface area contributed by atoms with Gasteiger partial charge in [0.15, 0.2) is 0 Å². The minimum atomic E-state index is -4.41. The van der Waals surface area contributed by atoms with Crippen LogP contribution in [0.25, 0.3) is 0 Å². The molecule has 4 nitrogen and oxygen atoms in total. The molecule has 2 aromatic rings. The number of nitrogens with zero attached hydrogens (tertiary/aromatic N) is 1. The van der Waals surface area contributed by atoms with Gasteiger partial charge in [0.25, 0.3) is 0 Å². The molecule has 138 valence electrons. The molecule has 1 saturated heterocycles. The summed E-state index contributed by atoms with van der Waals surface area (Å²) in [6.07, 6.45) is -2.79. The van der Waals surface area contributed by atoms with Crippen molar-refractivity contribution < 1.29 is 22.7 Å². The van der Waals surface area contributed by atoms with Gasteiger partial charge in [-0.1, -0.05) is 24.3 Å². The Hall–Kier alpha value is -2.25. The third kappa shape index (κ3) is 4.89. The molecule has 26 heavy (non-hydrogen) atoms. The van der Waals surface area contributed by atoms with Crippen molar-refractivity contribution in [2.24, 2.45) is 0 Å². The van der Waals surface area contributed by atoms with Gasteiger partial charge in [-0.15, -0.1) is 0 Å². The first-order chi connectivity index (χ1) is 12.4. The van der Waals surface area contributed by atoms with Gasteiger partial charge in [0.05, 0.1) is 17.9 Å². The largest absolute Gasteiger partial charge is 0.416 e. The second kappa shape index (κ2) is 7.97. The van der Waals surface area contributed by atoms with E-state index in [4.69, 9.17) is 4.74 Å². The number of hydrogen-bond donors (Lipinski definition) is 1. The van der Waals surface area contributed by atoms with Crippen LogP contribution in [0.3, 0.4) is 0 Å². The molecule has 1 atom stereocenters. The van der Waals surface area contributed by atoms with Crippen LogP contribution in [0, 0.1) is 0 Å². The number of nitrogens with one attached hydrogen (secondary N) is 1. The Morgan fingerprint density at radius 2 is 2.00 bits per heavy atom. The van der Waals surface area contributed by atoms with Gasteiger partial charge in [-0.3, -0.25) is 9.78 Å². The van der Waals surface area contributed by atoms with Gasteiger partial charge in [0.2, 0.25) is 0 Å². The monoisotopic (exact) mass is 364 g/mol. The average Bonchev–Trinajstić information content (AvgIpc) is 2.62. The predicted molar refractivity (Wildman–Crippen MR) is 89.7 cm³/mol. The number of halogens is 3. The van der Waals surface area contributed by atoms with Crippen molar-refractivity contribution in [2.45, 2.75) is 25.1 Å². The number of ketones is 1. The molecule has 1 aromatic heterocycles. The molecule has 0 radical (unpaired) electrons. The second-order valence-electron chi connectivity index (χ2n) is 6.25. The van der Waals surface area contributed by atoms with Gasteiger partial charge in [-0.05, 0) is 23.3 Å². The molecule has 0 amide bonds. The molecule has 0 bridgehead atoms. The smallest absolute Gasteiger partial charge is 0.369 e. The van der Waals surface area contributed by atoms with E-state index in [9.17, 15) is 18.0 Å². The van der Waals surface area contributed by atoms with Crippen molar-refractivity contribution in [1.29, 1.82) is 0 Å². The molecule has 7 heteroatoms. The van der Waals surface area contributed by atoms with Gasteiger partial charge < -0.3 is 10.1 Å². The number of pyridine rings is 1. The number of hydrogen-bond acceptors (Lipinski definition) is 4. The standard InChI is InChI=1S/C19H19F3N2O2/c20-19(21,22)15-3-1-2-13(8-15)9-16(25)10-14-4-5-17(24-11-14)18-12-23-6-7-26-18/h1-5,8,11,18,23H,6-7,9-10,12H2/t18-/m0/s1. The molecule has 0 unspecified atom stereocenters. The topological polar surface area (TPSA) is 51.2 Å². The highest BCUT2D eigenvalue weighted by atomic mass is 19.4. The zero-order valence-electron chi connectivity index (χ0n) is 14.1. The maximum atomic E-state index is 12.7. The summed E-state index contributed by atoms with van der Waals surface area (Å²) in [5.74, 6) is -0.158. The predicted octanol–water partition coefficient (Wildman–Crippen LogP) is 3.12. The van der Waals surface area contributed by atoms with Crippen LogP contribution in [0.15, 0.2) is 42.6 Å². The van der Waals surface area contributed by atoms with Crippen LogP contribution in [0.4, 0.5) is 13.2 Å². The lowest BCUT2D eigenvalue weighted by molar-refractivity contribution is -0.137. The van der Waals surface area contributed by atoms with Crippen molar-refractivity contribution in [2.75, 3.05) is 19.7 Å². The molecule has 1 aliphatic heterocycles. The summed E-state index contributed by atoms with van der Waals surface area (Å²) >= 11 is 0. The summed E-state index contributed by atoms with van der Waals surface area (Å²) in [5.41, 5.74) is 1.15. The number of benzene rings is 1. The Balaban J connectivity index is 1.59. The molecular formula is C19H19F3N2O2. The molecule has 3 rings (SSSR count). The van der Waals surface area contributed by atoms with E-state index < -0.39 is 11.7 Å². The highest BCUT2D eigenvalue weighted by Gasteiger charge is 2.30. The van der Waals surface area contributed by atoms with Crippen LogP contribution in [0.2, 0.25) is 0 Å². The molecule has 2 heterocycles. The quantitative estimate of drug-likeness (QED) is 0.886. The number of rotatable bonds is 5. The van der Waals surface area contributed by atoms with Crippen LogP contribution in [-0.4, -0.2) is 30.5 Å². The first-order valence-corrected chi connectivity index (χ1v) is 8.37. The minimum absolute atomic E-state index is 0.0403. The first kappa shape index (κ1) is 18.5. The fraction of sp³-hybridized carbons (Fsp3) is 0.368. The maximum absolute atomic E-state index is 12.7. The highest BCUT2D eigenvalue weighted by molar-refractivity contribution is 5.83. The van der Waals surface area contributed by atoms with Gasteiger partial charge in [0.1, 0.15) is 11.9 Å². The van der Waals surface area contributed by atoms with Crippen molar-refractivity contribution in [3.05, 3.63) is 65.0 Å². The van der Waals surface area contributed by atoms with Crippen molar-refractivity contribution in [3.8, 4) is 0 Å². The normalized spacial score (nSPS) is 17.9. The third-order valence-electron chi connectivity index (χ3n) is 4.16. The number of morpholine rings is 1. The van der Waals surface area contributed by atoms with E-state index in [1.54, 1.807) is 6.20 Å². The molecule has 0 aliphatic carbocycles. The van der Waals surface area contributed by atoms with Crippen LogP contribution < -0.4 is 5.32 Å². The summed E-state index contributed by atoms with van der Waals surface area (Å²) in [7, 11) is 0. The summed E-state index contributed by atoms with van der Waals surface area (Å²) in [4.78, 5) is 16.5. The van der Waals surface area contributed by atoms with Crippen LogP contribution >= 0.6 is 0 Å². The van der Waals surface area contributed by atoms with Gasteiger partial charge >= 0.3 is 6.18 Å². The summed E-state index contributed by atoms with van der Waals surface area (Å²) < 4.78 is 43.8. The number of carbonyl (C=O) groups is 1. The highest BCUT2D eigenvalue weighted by Crippen LogP contribution is 2.29. The van der Waals surface area contributed by atoms with Crippen LogP contribution in [-0.2, 0) is 28.5 Å². The molecule has 1 N–H and O–H groups in total. The zero-order chi connectivity index (χ0) is 18.6. The van der Waals surface area contributed by atoms with Gasteiger partial charge in [0, 0.05) is 32.1 Å². The van der Waals surface area contributed by atoms with Crippen molar-refractivity contribution in [3.63, 3.8) is 0 Å². The summed E-state index contributed by atoms with van der Waals surface area (Å²) in [6.45, 7) is 2.14. The van der Waals surface area contributed by atoms with Gasteiger partial charge in [-0.2, -0.15) is 13.2 Å². The number of ether oxygens (including phenoxy) is 1. The lowest BCUT2D eigenvalue weighted by Gasteiger charge is -2.23. The Kier molecular flexibility index (Phi) is 5.68. The Morgan fingerprint density at radius 1 is 1.19 bits per heavy atom. The van der Waals surface area contributed by atoms with E-state index in [1.807, 2.05) is 12.1 Å². The Bertz CT molecular complexity index is 754. The number of Topliss-reactive ketones (excluding diaryl/α,β-unsaturated/α-hetero) is 1. The van der Waals surface area contributed by atoms with Crippen molar-refractivity contribution in [1.82, 2.24) is 10.3 Å². The number of alkyl halides is 3. The lowest BCUT2D eigenvalue weighted by atomic mass is 10.0. The van der Waals surface area contributed by atoms with Crippen molar-refractivity contribution >= 4 is 5.78 Å². The fourth-order valence-corrected chi connectivity index (χ4v) is 2.86. The zero-order valence-corrected chi connectivity index (χ0v) is 14.1. The van der Waals surface area contributed by atoms with E-state index in [-0.39, 0.29) is 24.7 Å². The average molecular weight is 364 g/mol. The van der Waals surface area contributed by atoms with Crippen LogP contribution in [0.1, 0.15) is 28.5 Å². The lowest BCUT2D eigenvalue weighted by Crippen LogP contribution is -2.33. The van der Waals surface area contributed by atoms with Gasteiger partial charge in [-0.25, -0.2) is 0 Å². The molecule has 1 aromatic carbocycles. The molecule has 0 spiro atoms. The molecule has 1 aliphatic rings. The Morgan fingerprint density at radius 3 is 2.65 bits per heavy atom. The number of aromatic nitrogens is 1. The van der Waals surface area contributed by atoms with E-state index in [0.717, 1.165) is 29.9 Å². The fourth-order valence-electron chi connectivity index (χ4n) is 2.86. The summed E-state index contributed by atoms with van der Waals surface area (Å²) in [5, 5.41) is 3.22. The summed E-state index contributed by atoms with van der Waals surface area (Å²) in [6, 6.07) is 8.50.